The fourth-order valence-corrected chi connectivity index (χ4v) is 1.99. The second-order valence-electron chi connectivity index (χ2n) is 3.95. The van der Waals surface area contributed by atoms with E-state index in [4.69, 9.17) is 16.3 Å². The van der Waals surface area contributed by atoms with Crippen molar-refractivity contribution in [3.8, 4) is 5.75 Å². The number of hydrogen-bond acceptors (Lipinski definition) is 4. The molecule has 1 heterocycles. The van der Waals surface area contributed by atoms with Crippen LogP contribution in [0.5, 0.6) is 5.75 Å². The van der Waals surface area contributed by atoms with E-state index in [-0.39, 0.29) is 5.91 Å². The smallest absolute Gasteiger partial charge is 0.259 e. The summed E-state index contributed by atoms with van der Waals surface area (Å²) in [6.45, 7) is 0. The maximum atomic E-state index is 12.2. The molecule has 0 fully saturated rings. The Morgan fingerprint density at radius 2 is 2.15 bits per heavy atom. The zero-order valence-electron chi connectivity index (χ0n) is 11.1. The number of rotatable bonds is 4. The molecule has 0 unspecified atom stereocenters. The third-order valence-corrected chi connectivity index (χ3v) is 2.99. The molecule has 0 aliphatic carbocycles. The first-order chi connectivity index (χ1) is 9.65. The van der Waals surface area contributed by atoms with E-state index in [0.717, 1.165) is 0 Å². The summed E-state index contributed by atoms with van der Waals surface area (Å²) in [5.74, 6) is 0.815. The monoisotopic (exact) mass is 291 g/mol. The van der Waals surface area contributed by atoms with Crippen molar-refractivity contribution in [1.29, 1.82) is 0 Å². The molecule has 0 aliphatic heterocycles. The second-order valence-corrected chi connectivity index (χ2v) is 4.36. The predicted molar refractivity (Wildman–Crippen MR) is 79.7 cm³/mol. The van der Waals surface area contributed by atoms with Gasteiger partial charge in [-0.3, -0.25) is 4.79 Å². The summed E-state index contributed by atoms with van der Waals surface area (Å²) in [4.78, 5) is 16.3. The van der Waals surface area contributed by atoms with Crippen molar-refractivity contribution in [3.05, 3.63) is 47.1 Å². The molecular weight excluding hydrogens is 278 g/mol. The average Bonchev–Trinajstić information content (AvgIpc) is 2.47. The molecule has 0 bridgehead atoms. The van der Waals surface area contributed by atoms with Crippen LogP contribution in [-0.2, 0) is 0 Å². The number of carbonyl (C=O) groups excluding carboxylic acids is 1. The summed E-state index contributed by atoms with van der Waals surface area (Å²) in [7, 11) is 3.25. The van der Waals surface area contributed by atoms with Crippen LogP contribution in [0.1, 0.15) is 10.4 Å². The van der Waals surface area contributed by atoms with Crippen LogP contribution in [0.3, 0.4) is 0 Å². The van der Waals surface area contributed by atoms with Gasteiger partial charge in [0.25, 0.3) is 5.91 Å². The first-order valence-corrected chi connectivity index (χ1v) is 6.31. The van der Waals surface area contributed by atoms with Crippen LogP contribution in [0.2, 0.25) is 5.02 Å². The molecule has 5 nitrogen and oxygen atoms in total. The highest BCUT2D eigenvalue weighted by Crippen LogP contribution is 2.27. The number of nitrogens with one attached hydrogen (secondary N) is 2. The van der Waals surface area contributed by atoms with Crippen molar-refractivity contribution in [1.82, 2.24) is 4.98 Å². The molecule has 0 saturated carbocycles. The summed E-state index contributed by atoms with van der Waals surface area (Å²) in [5, 5.41) is 6.08. The van der Waals surface area contributed by atoms with Gasteiger partial charge in [-0.2, -0.15) is 0 Å². The Morgan fingerprint density at radius 3 is 2.80 bits per heavy atom. The molecule has 0 radical (unpaired) electrons. The highest BCUT2D eigenvalue weighted by Gasteiger charge is 2.12. The number of hydrogen-bond donors (Lipinski definition) is 2. The lowest BCUT2D eigenvalue weighted by atomic mass is 10.2. The predicted octanol–water partition coefficient (Wildman–Crippen LogP) is 3.04. The van der Waals surface area contributed by atoms with Gasteiger partial charge in [0.2, 0.25) is 0 Å². The van der Waals surface area contributed by atoms with Gasteiger partial charge >= 0.3 is 0 Å². The van der Waals surface area contributed by atoms with Crippen molar-refractivity contribution < 1.29 is 9.53 Å². The fraction of sp³-hybridized carbons (Fsp3) is 0.143. The Kier molecular flexibility index (Phi) is 4.42. The number of methoxy groups -OCH3 is 1. The number of aromatic nitrogens is 1. The quantitative estimate of drug-likeness (QED) is 0.909. The van der Waals surface area contributed by atoms with Gasteiger partial charge in [0.15, 0.2) is 0 Å². The van der Waals surface area contributed by atoms with E-state index in [1.165, 1.54) is 7.11 Å². The first kappa shape index (κ1) is 14.1. The number of carbonyl (C=O) groups is 1. The van der Waals surface area contributed by atoms with E-state index in [9.17, 15) is 4.79 Å². The van der Waals surface area contributed by atoms with E-state index in [1.54, 1.807) is 43.6 Å². The number of amides is 1. The van der Waals surface area contributed by atoms with Crippen molar-refractivity contribution in [3.63, 3.8) is 0 Å². The summed E-state index contributed by atoms with van der Waals surface area (Å²) in [6.07, 6.45) is 1.62. The summed E-state index contributed by atoms with van der Waals surface area (Å²) >= 11 is 6.02. The van der Waals surface area contributed by atoms with Gasteiger partial charge in [-0.1, -0.05) is 11.6 Å². The topological polar surface area (TPSA) is 63.2 Å². The van der Waals surface area contributed by atoms with Crippen LogP contribution in [0.15, 0.2) is 36.5 Å². The number of nitrogens with zero attached hydrogens (tertiary/aromatic N) is 1. The standard InChI is InChI=1S/C14H14ClN3O2/c1-16-13-10(4-3-7-17-13)14(19)18-9-5-6-12(20-2)11(15)8-9/h3-8H,1-2H3,(H,16,17)(H,18,19). The number of halogens is 1. The molecule has 1 amide bonds. The van der Waals surface area contributed by atoms with Crippen LogP contribution in [0.4, 0.5) is 11.5 Å². The minimum atomic E-state index is -0.260. The van der Waals surface area contributed by atoms with E-state index >= 15 is 0 Å². The van der Waals surface area contributed by atoms with Gasteiger partial charge in [-0.15, -0.1) is 0 Å². The van der Waals surface area contributed by atoms with Crippen LogP contribution in [0, 0.1) is 0 Å². The maximum Gasteiger partial charge on any atom is 0.259 e. The fourth-order valence-electron chi connectivity index (χ4n) is 1.73. The molecule has 2 aromatic rings. The summed E-state index contributed by atoms with van der Waals surface area (Å²) < 4.78 is 5.06. The highest BCUT2D eigenvalue weighted by atomic mass is 35.5. The highest BCUT2D eigenvalue weighted by molar-refractivity contribution is 6.32. The second kappa shape index (κ2) is 6.25. The number of pyridine rings is 1. The molecule has 2 rings (SSSR count). The zero-order chi connectivity index (χ0) is 14.5. The van der Waals surface area contributed by atoms with Gasteiger partial charge in [0.1, 0.15) is 11.6 Å². The minimum absolute atomic E-state index is 0.260. The molecule has 1 aromatic carbocycles. The Balaban J connectivity index is 2.21. The molecule has 20 heavy (non-hydrogen) atoms. The molecule has 104 valence electrons. The Bertz CT molecular complexity index is 632. The molecule has 0 spiro atoms. The normalized spacial score (nSPS) is 9.95. The Hall–Kier alpha value is -2.27. The number of ether oxygens (including phenoxy) is 1. The van der Waals surface area contributed by atoms with Crippen molar-refractivity contribution in [2.45, 2.75) is 0 Å². The molecule has 2 N–H and O–H groups in total. The number of anilines is 2. The lowest BCUT2D eigenvalue weighted by molar-refractivity contribution is 0.102. The van der Waals surface area contributed by atoms with Gasteiger partial charge in [0.05, 0.1) is 17.7 Å². The van der Waals surface area contributed by atoms with Gasteiger partial charge in [-0.25, -0.2) is 4.98 Å². The maximum absolute atomic E-state index is 12.2. The van der Waals surface area contributed by atoms with Gasteiger partial charge < -0.3 is 15.4 Å². The molecule has 6 heteroatoms. The van der Waals surface area contributed by atoms with Gasteiger partial charge in [-0.05, 0) is 30.3 Å². The van der Waals surface area contributed by atoms with Crippen LogP contribution >= 0.6 is 11.6 Å². The minimum Gasteiger partial charge on any atom is -0.495 e. The van der Waals surface area contributed by atoms with E-state index in [0.29, 0.717) is 27.8 Å². The average molecular weight is 292 g/mol. The molecule has 0 aliphatic rings. The first-order valence-electron chi connectivity index (χ1n) is 5.93. The SMILES string of the molecule is CNc1ncccc1C(=O)Nc1ccc(OC)c(Cl)c1. The van der Waals surface area contributed by atoms with E-state index < -0.39 is 0 Å². The van der Waals surface area contributed by atoms with E-state index in [1.807, 2.05) is 0 Å². The largest absolute Gasteiger partial charge is 0.495 e. The lowest BCUT2D eigenvalue weighted by Crippen LogP contribution is -2.14. The zero-order valence-corrected chi connectivity index (χ0v) is 11.9. The van der Waals surface area contributed by atoms with Crippen LogP contribution in [-0.4, -0.2) is 25.0 Å². The molecule has 0 atom stereocenters. The summed E-state index contributed by atoms with van der Waals surface area (Å²) in [5.41, 5.74) is 1.05. The van der Waals surface area contributed by atoms with Gasteiger partial charge in [0, 0.05) is 18.9 Å². The summed E-state index contributed by atoms with van der Waals surface area (Å²) in [6, 6.07) is 8.45. The van der Waals surface area contributed by atoms with Crippen LogP contribution in [0.25, 0.3) is 0 Å². The Morgan fingerprint density at radius 1 is 1.35 bits per heavy atom. The molecule has 1 aromatic heterocycles. The third kappa shape index (κ3) is 3.00. The Labute approximate surface area is 121 Å². The third-order valence-electron chi connectivity index (χ3n) is 2.70. The van der Waals surface area contributed by atoms with Crippen LogP contribution < -0.4 is 15.4 Å². The van der Waals surface area contributed by atoms with Crippen molar-refractivity contribution in [2.24, 2.45) is 0 Å². The molecule has 0 saturated heterocycles. The van der Waals surface area contributed by atoms with Crippen molar-refractivity contribution in [2.75, 3.05) is 24.8 Å². The van der Waals surface area contributed by atoms with E-state index in [2.05, 4.69) is 15.6 Å². The molecular formula is C14H14ClN3O2. The number of benzene rings is 1. The lowest BCUT2D eigenvalue weighted by Gasteiger charge is -2.10. The van der Waals surface area contributed by atoms with Crippen molar-refractivity contribution >= 4 is 29.0 Å².